The van der Waals surface area contributed by atoms with Gasteiger partial charge in [0.15, 0.2) is 5.82 Å². The van der Waals surface area contributed by atoms with E-state index in [9.17, 15) is 23.1 Å². The number of alkyl halides is 3. The summed E-state index contributed by atoms with van der Waals surface area (Å²) in [6, 6.07) is 3.86. The molecule has 0 radical (unpaired) electrons. The fourth-order valence-electron chi connectivity index (χ4n) is 5.38. The number of hydrogen-bond acceptors (Lipinski definition) is 7. The maximum atomic E-state index is 13.1. The van der Waals surface area contributed by atoms with Crippen molar-refractivity contribution in [2.75, 3.05) is 25.0 Å². The van der Waals surface area contributed by atoms with E-state index in [1.54, 1.807) is 18.4 Å². The first-order chi connectivity index (χ1) is 17.9. The maximum Gasteiger partial charge on any atom is 0.416 e. The largest absolute Gasteiger partial charge is 0.416 e. The van der Waals surface area contributed by atoms with Crippen LogP contribution in [0, 0.1) is 0 Å². The molecule has 0 spiro atoms. The third kappa shape index (κ3) is 5.39. The molecule has 3 heterocycles. The molecule has 12 heteroatoms. The maximum absolute atomic E-state index is 13.1. The molecule has 3 N–H and O–H groups in total. The van der Waals surface area contributed by atoms with Gasteiger partial charge in [0.25, 0.3) is 0 Å². The predicted molar refractivity (Wildman–Crippen MR) is 140 cm³/mol. The quantitative estimate of drug-likeness (QED) is 0.408. The highest BCUT2D eigenvalue weighted by molar-refractivity contribution is 7.11. The molecule has 1 aliphatic heterocycles. The van der Waals surface area contributed by atoms with E-state index in [-0.39, 0.29) is 24.3 Å². The summed E-state index contributed by atoms with van der Waals surface area (Å²) in [5.74, 6) is 0.363. The molecule has 206 valence electrons. The van der Waals surface area contributed by atoms with E-state index in [1.807, 2.05) is 6.20 Å². The molecule has 2 aromatic heterocycles. The number of nitrogens with one attached hydrogen (secondary N) is 2. The molecule has 1 saturated carbocycles. The van der Waals surface area contributed by atoms with Crippen LogP contribution in [0.4, 0.5) is 19.0 Å². The van der Waals surface area contributed by atoms with Crippen LogP contribution in [0.5, 0.6) is 0 Å². The van der Waals surface area contributed by atoms with Gasteiger partial charge in [0, 0.05) is 43.7 Å². The van der Waals surface area contributed by atoms with Crippen molar-refractivity contribution < 1.29 is 23.1 Å². The molecular weight excluding hydrogens is 517 g/mol. The van der Waals surface area contributed by atoms with Gasteiger partial charge in [-0.25, -0.2) is 4.98 Å². The normalized spacial score (nSPS) is 23.1. The zero-order chi connectivity index (χ0) is 27.2. The number of aryl methyl sites for hydroxylation is 1. The second-order valence-electron chi connectivity index (χ2n) is 10.8. The number of amides is 1. The van der Waals surface area contributed by atoms with Gasteiger partial charge in [-0.05, 0) is 43.9 Å². The minimum Gasteiger partial charge on any atom is -0.384 e. The summed E-state index contributed by atoms with van der Waals surface area (Å²) >= 11 is 1.61. The number of likely N-dealkylation sites (tertiary alicyclic amines) is 1. The van der Waals surface area contributed by atoms with Crippen molar-refractivity contribution in [3.8, 4) is 0 Å². The van der Waals surface area contributed by atoms with Gasteiger partial charge in [0.05, 0.1) is 33.6 Å². The van der Waals surface area contributed by atoms with E-state index >= 15 is 0 Å². The van der Waals surface area contributed by atoms with E-state index in [2.05, 4.69) is 39.5 Å². The second kappa shape index (κ2) is 10.1. The number of carbonyl (C=O) groups is 1. The third-order valence-corrected chi connectivity index (χ3v) is 9.13. The number of thiazole rings is 1. The Hall–Kier alpha value is -2.70. The van der Waals surface area contributed by atoms with Crippen molar-refractivity contribution in [1.29, 1.82) is 0 Å². The van der Waals surface area contributed by atoms with E-state index in [0.29, 0.717) is 35.7 Å². The van der Waals surface area contributed by atoms with E-state index < -0.39 is 17.3 Å². The van der Waals surface area contributed by atoms with Crippen LogP contribution < -0.4 is 10.6 Å². The molecule has 0 bridgehead atoms. The Morgan fingerprint density at radius 2 is 1.97 bits per heavy atom. The van der Waals surface area contributed by atoms with Crippen LogP contribution in [0.1, 0.15) is 60.9 Å². The predicted octanol–water partition coefficient (Wildman–Crippen LogP) is 4.21. The molecule has 5 rings (SSSR count). The van der Waals surface area contributed by atoms with Crippen LogP contribution in [0.2, 0.25) is 0 Å². The van der Waals surface area contributed by atoms with Gasteiger partial charge in [-0.2, -0.15) is 18.3 Å². The summed E-state index contributed by atoms with van der Waals surface area (Å²) in [5, 5.41) is 22.7. The van der Waals surface area contributed by atoms with Crippen LogP contribution in [-0.2, 0) is 23.6 Å². The molecule has 2 fully saturated rings. The molecule has 2 aliphatic rings. The summed E-state index contributed by atoms with van der Waals surface area (Å²) in [5.41, 5.74) is -1.01. The van der Waals surface area contributed by atoms with Gasteiger partial charge in [-0.3, -0.25) is 14.4 Å². The lowest BCUT2D eigenvalue weighted by Crippen LogP contribution is -2.63. The molecule has 38 heavy (non-hydrogen) atoms. The lowest BCUT2D eigenvalue weighted by molar-refractivity contribution is -0.137. The van der Waals surface area contributed by atoms with Crippen molar-refractivity contribution in [2.45, 2.75) is 69.3 Å². The van der Waals surface area contributed by atoms with Crippen molar-refractivity contribution in [3.63, 3.8) is 0 Å². The fraction of sp³-hybridized carbons (Fsp3) is 0.577. The number of anilines is 1. The molecule has 3 aromatic rings. The highest BCUT2D eigenvalue weighted by Gasteiger charge is 2.41. The Balaban J connectivity index is 1.09. The minimum atomic E-state index is -4.45. The molecule has 0 atom stereocenters. The average Bonchev–Trinajstić information content (AvgIpc) is 3.46. The SMILES string of the molecule is CC(C)c1ncc([C@]2(O)CC[C@H](N3CC(NC(=O)CNc4nn(C)c5ccc(C(F)(F)F)cc45)C3)CC2)s1. The molecular formula is C26H33F3N6O2S. The van der Waals surface area contributed by atoms with E-state index in [0.717, 1.165) is 47.9 Å². The minimum absolute atomic E-state index is 0.0255. The van der Waals surface area contributed by atoms with Crippen molar-refractivity contribution in [2.24, 2.45) is 7.05 Å². The first kappa shape index (κ1) is 26.9. The molecule has 0 unspecified atom stereocenters. The Morgan fingerprint density at radius 1 is 1.26 bits per heavy atom. The summed E-state index contributed by atoms with van der Waals surface area (Å²) in [6.07, 6.45) is 0.545. The van der Waals surface area contributed by atoms with Gasteiger partial charge in [-0.1, -0.05) is 13.8 Å². The van der Waals surface area contributed by atoms with Crippen LogP contribution in [0.15, 0.2) is 24.4 Å². The number of halogens is 3. The Labute approximate surface area is 223 Å². The topological polar surface area (TPSA) is 95.3 Å². The van der Waals surface area contributed by atoms with E-state index in [1.165, 1.54) is 10.7 Å². The summed E-state index contributed by atoms with van der Waals surface area (Å²) in [7, 11) is 1.65. The van der Waals surface area contributed by atoms with Gasteiger partial charge in [0.2, 0.25) is 5.91 Å². The van der Waals surface area contributed by atoms with Gasteiger partial charge in [0.1, 0.15) is 5.60 Å². The number of benzene rings is 1. The summed E-state index contributed by atoms with van der Waals surface area (Å²) in [4.78, 5) is 20.3. The van der Waals surface area contributed by atoms with Gasteiger partial charge >= 0.3 is 6.18 Å². The highest BCUT2D eigenvalue weighted by Crippen LogP contribution is 2.42. The van der Waals surface area contributed by atoms with Crippen LogP contribution in [0.3, 0.4) is 0 Å². The number of hydrogen-bond donors (Lipinski definition) is 3. The molecule has 1 amide bonds. The summed E-state index contributed by atoms with van der Waals surface area (Å²) < 4.78 is 40.9. The van der Waals surface area contributed by atoms with Crippen molar-refractivity contribution in [1.82, 2.24) is 25.0 Å². The molecule has 1 aliphatic carbocycles. The zero-order valence-corrected chi connectivity index (χ0v) is 22.5. The number of carbonyl (C=O) groups excluding carboxylic acids is 1. The third-order valence-electron chi connectivity index (χ3n) is 7.64. The second-order valence-corrected chi connectivity index (χ2v) is 11.8. The molecule has 1 aromatic carbocycles. The molecule has 8 nitrogen and oxygen atoms in total. The average molecular weight is 551 g/mol. The van der Waals surface area contributed by atoms with Crippen LogP contribution in [-0.4, -0.2) is 62.4 Å². The van der Waals surface area contributed by atoms with E-state index in [4.69, 9.17) is 0 Å². The van der Waals surface area contributed by atoms with Crippen molar-refractivity contribution >= 4 is 34.0 Å². The van der Waals surface area contributed by atoms with Crippen LogP contribution in [0.25, 0.3) is 10.9 Å². The lowest BCUT2D eigenvalue weighted by Gasteiger charge is -2.48. The fourth-order valence-corrected chi connectivity index (χ4v) is 6.44. The standard InChI is InChI=1S/C26H33F3N6O2S/c1-15(2)24-31-11-21(38-24)25(37)8-6-18(7-9-25)35-13-17(14-35)32-22(36)12-30-23-19-10-16(26(27,28)29)4-5-20(19)34(3)33-23/h4-5,10-11,15,17-18,37H,6-9,12-14H2,1-3H3,(H,30,33)(H,32,36)/t18-,25-. The molecule has 1 saturated heterocycles. The number of aromatic nitrogens is 3. The van der Waals surface area contributed by atoms with Crippen LogP contribution >= 0.6 is 11.3 Å². The Kier molecular flexibility index (Phi) is 7.16. The lowest BCUT2D eigenvalue weighted by atomic mass is 9.80. The van der Waals surface area contributed by atoms with Crippen molar-refractivity contribution in [3.05, 3.63) is 39.8 Å². The van der Waals surface area contributed by atoms with Gasteiger partial charge < -0.3 is 15.7 Å². The monoisotopic (exact) mass is 550 g/mol. The number of aliphatic hydroxyl groups is 1. The zero-order valence-electron chi connectivity index (χ0n) is 21.7. The summed E-state index contributed by atoms with van der Waals surface area (Å²) in [6.45, 7) is 5.61. The number of fused-ring (bicyclic) bond motifs is 1. The van der Waals surface area contributed by atoms with Gasteiger partial charge in [-0.15, -0.1) is 11.3 Å². The highest BCUT2D eigenvalue weighted by atomic mass is 32.1. The Morgan fingerprint density at radius 3 is 2.61 bits per heavy atom. The Bertz CT molecular complexity index is 1310. The first-order valence-corrected chi connectivity index (χ1v) is 13.7. The first-order valence-electron chi connectivity index (χ1n) is 12.9. The number of nitrogens with zero attached hydrogens (tertiary/aromatic N) is 4. The smallest absolute Gasteiger partial charge is 0.384 e. The number of rotatable bonds is 7.